The van der Waals surface area contributed by atoms with Gasteiger partial charge in [-0.3, -0.25) is 4.79 Å². The molecular weight excluding hydrogens is 314 g/mol. The van der Waals surface area contributed by atoms with Crippen molar-refractivity contribution in [3.05, 3.63) is 71.6 Å². The Hall–Kier alpha value is -2.92. The number of imidazole rings is 1. The zero-order valence-corrected chi connectivity index (χ0v) is 14.1. The molecule has 0 radical (unpaired) electrons. The lowest BCUT2D eigenvalue weighted by molar-refractivity contribution is 0.0743. The number of aromatic nitrogens is 2. The third-order valence-electron chi connectivity index (χ3n) is 3.94. The standard InChI is InChI=1S/C20H21N3O2/c1-15-21-18-10-9-17(14-19(18)22-15)20(25)23(12-13-24)11-5-8-16-6-3-2-4-7-16/h2-10,14,24H,11-13H2,1H3,(H,21,22)/b8-5+. The molecule has 0 spiro atoms. The lowest BCUT2D eigenvalue weighted by Gasteiger charge is -2.20. The highest BCUT2D eigenvalue weighted by atomic mass is 16.3. The first-order chi connectivity index (χ1) is 12.2. The van der Waals surface area contributed by atoms with Gasteiger partial charge in [-0.2, -0.15) is 0 Å². The number of nitrogens with zero attached hydrogens (tertiary/aromatic N) is 2. The fourth-order valence-corrected chi connectivity index (χ4v) is 2.73. The number of benzene rings is 2. The van der Waals surface area contributed by atoms with Crippen LogP contribution in [0, 0.1) is 6.92 Å². The number of carbonyl (C=O) groups is 1. The maximum Gasteiger partial charge on any atom is 0.254 e. The van der Waals surface area contributed by atoms with Gasteiger partial charge in [-0.1, -0.05) is 42.5 Å². The second-order valence-corrected chi connectivity index (χ2v) is 5.84. The smallest absolute Gasteiger partial charge is 0.254 e. The average molecular weight is 335 g/mol. The minimum absolute atomic E-state index is 0.0731. The molecule has 0 saturated heterocycles. The second kappa shape index (κ2) is 7.77. The molecule has 5 heteroatoms. The van der Waals surface area contributed by atoms with Gasteiger partial charge in [-0.15, -0.1) is 0 Å². The number of hydrogen-bond donors (Lipinski definition) is 2. The Morgan fingerprint density at radius 1 is 1.24 bits per heavy atom. The molecule has 0 atom stereocenters. The van der Waals surface area contributed by atoms with Crippen molar-refractivity contribution in [1.82, 2.24) is 14.9 Å². The Kier molecular flexibility index (Phi) is 5.26. The Bertz CT molecular complexity index is 884. The van der Waals surface area contributed by atoms with E-state index in [9.17, 15) is 9.90 Å². The predicted octanol–water partition coefficient (Wildman–Crippen LogP) is 3.02. The molecule has 128 valence electrons. The lowest BCUT2D eigenvalue weighted by Crippen LogP contribution is -2.33. The number of amides is 1. The van der Waals surface area contributed by atoms with Crippen molar-refractivity contribution in [2.75, 3.05) is 19.7 Å². The van der Waals surface area contributed by atoms with Crippen LogP contribution in [-0.2, 0) is 0 Å². The van der Waals surface area contributed by atoms with E-state index >= 15 is 0 Å². The van der Waals surface area contributed by atoms with E-state index in [0.717, 1.165) is 22.4 Å². The van der Waals surface area contributed by atoms with Crippen molar-refractivity contribution >= 4 is 23.0 Å². The molecule has 0 bridgehead atoms. The van der Waals surface area contributed by atoms with Gasteiger partial charge in [-0.25, -0.2) is 4.98 Å². The Morgan fingerprint density at radius 2 is 2.04 bits per heavy atom. The fourth-order valence-electron chi connectivity index (χ4n) is 2.73. The van der Waals surface area contributed by atoms with Crippen molar-refractivity contribution in [1.29, 1.82) is 0 Å². The Morgan fingerprint density at radius 3 is 2.80 bits per heavy atom. The van der Waals surface area contributed by atoms with Crippen LogP contribution in [0.15, 0.2) is 54.6 Å². The summed E-state index contributed by atoms with van der Waals surface area (Å²) in [4.78, 5) is 21.9. The van der Waals surface area contributed by atoms with E-state index in [2.05, 4.69) is 9.97 Å². The van der Waals surface area contributed by atoms with E-state index < -0.39 is 0 Å². The van der Waals surface area contributed by atoms with Crippen molar-refractivity contribution in [2.24, 2.45) is 0 Å². The summed E-state index contributed by atoms with van der Waals surface area (Å²) in [5, 5.41) is 9.29. The summed E-state index contributed by atoms with van der Waals surface area (Å²) in [6.45, 7) is 2.54. The molecule has 0 aliphatic heterocycles. The molecule has 1 heterocycles. The molecule has 0 saturated carbocycles. The molecular formula is C20H21N3O2. The van der Waals surface area contributed by atoms with Gasteiger partial charge in [0.1, 0.15) is 5.82 Å². The average Bonchev–Trinajstić information content (AvgIpc) is 3.00. The summed E-state index contributed by atoms with van der Waals surface area (Å²) in [6, 6.07) is 15.3. The molecule has 0 unspecified atom stereocenters. The number of aliphatic hydroxyl groups excluding tert-OH is 1. The predicted molar refractivity (Wildman–Crippen MR) is 99.3 cm³/mol. The molecule has 1 amide bonds. The van der Waals surface area contributed by atoms with Gasteiger partial charge >= 0.3 is 0 Å². The van der Waals surface area contributed by atoms with Crippen LogP contribution in [0.1, 0.15) is 21.7 Å². The first-order valence-corrected chi connectivity index (χ1v) is 8.25. The number of fused-ring (bicyclic) bond motifs is 1. The fraction of sp³-hybridized carbons (Fsp3) is 0.200. The first kappa shape index (κ1) is 16.9. The van der Waals surface area contributed by atoms with E-state index in [0.29, 0.717) is 12.1 Å². The minimum atomic E-state index is -0.110. The zero-order chi connectivity index (χ0) is 17.6. The maximum absolute atomic E-state index is 12.8. The zero-order valence-electron chi connectivity index (χ0n) is 14.1. The van der Waals surface area contributed by atoms with E-state index in [4.69, 9.17) is 0 Å². The van der Waals surface area contributed by atoms with Crippen molar-refractivity contribution in [3.8, 4) is 0 Å². The largest absolute Gasteiger partial charge is 0.395 e. The molecule has 3 aromatic rings. The van der Waals surface area contributed by atoms with Crippen LogP contribution in [0.25, 0.3) is 17.1 Å². The maximum atomic E-state index is 12.8. The Labute approximate surface area is 146 Å². The van der Waals surface area contributed by atoms with Crippen molar-refractivity contribution in [2.45, 2.75) is 6.92 Å². The number of hydrogen-bond acceptors (Lipinski definition) is 3. The van der Waals surface area contributed by atoms with E-state index in [-0.39, 0.29) is 19.1 Å². The van der Waals surface area contributed by atoms with Crippen LogP contribution in [0.4, 0.5) is 0 Å². The number of aliphatic hydroxyl groups is 1. The number of aromatic amines is 1. The summed E-state index contributed by atoms with van der Waals surface area (Å²) in [5.41, 5.74) is 3.34. The normalized spacial score (nSPS) is 11.3. The first-order valence-electron chi connectivity index (χ1n) is 8.25. The molecule has 2 N–H and O–H groups in total. The molecule has 0 fully saturated rings. The molecule has 0 aliphatic carbocycles. The number of nitrogens with one attached hydrogen (secondary N) is 1. The SMILES string of the molecule is Cc1nc2ccc(C(=O)N(C/C=C/c3ccccc3)CCO)cc2[nH]1. The highest BCUT2D eigenvalue weighted by Crippen LogP contribution is 2.15. The molecule has 5 nitrogen and oxygen atoms in total. The molecule has 3 rings (SSSR count). The van der Waals surface area contributed by atoms with Crippen molar-refractivity contribution in [3.63, 3.8) is 0 Å². The van der Waals surface area contributed by atoms with Gasteiger partial charge in [0.25, 0.3) is 5.91 Å². The van der Waals surface area contributed by atoms with E-state index in [1.54, 1.807) is 11.0 Å². The van der Waals surface area contributed by atoms with Crippen LogP contribution in [0.3, 0.4) is 0 Å². The van der Waals surface area contributed by atoms with Crippen LogP contribution in [-0.4, -0.2) is 45.6 Å². The van der Waals surface area contributed by atoms with Crippen LogP contribution >= 0.6 is 0 Å². The van der Waals surface area contributed by atoms with Gasteiger partial charge < -0.3 is 15.0 Å². The molecule has 0 aliphatic rings. The van der Waals surface area contributed by atoms with Gasteiger partial charge in [0.05, 0.1) is 17.6 Å². The summed E-state index contributed by atoms with van der Waals surface area (Å²) in [5.74, 6) is 0.707. The number of carbonyl (C=O) groups excluding carboxylic acids is 1. The molecule has 1 aromatic heterocycles. The second-order valence-electron chi connectivity index (χ2n) is 5.84. The summed E-state index contributed by atoms with van der Waals surface area (Å²) < 4.78 is 0. The van der Waals surface area contributed by atoms with Crippen LogP contribution in [0.2, 0.25) is 0 Å². The molecule has 2 aromatic carbocycles. The summed E-state index contributed by atoms with van der Waals surface area (Å²) >= 11 is 0. The number of aryl methyl sites for hydroxylation is 1. The molecule has 25 heavy (non-hydrogen) atoms. The van der Waals surface area contributed by atoms with Gasteiger partial charge in [0.2, 0.25) is 0 Å². The monoisotopic (exact) mass is 335 g/mol. The summed E-state index contributed by atoms with van der Waals surface area (Å²) in [7, 11) is 0. The van der Waals surface area contributed by atoms with Gasteiger partial charge in [-0.05, 0) is 30.7 Å². The topological polar surface area (TPSA) is 69.2 Å². The van der Waals surface area contributed by atoms with E-state index in [1.165, 1.54) is 0 Å². The highest BCUT2D eigenvalue weighted by Gasteiger charge is 2.15. The highest BCUT2D eigenvalue weighted by molar-refractivity contribution is 5.97. The number of H-pyrrole nitrogens is 1. The Balaban J connectivity index is 1.76. The van der Waals surface area contributed by atoms with Gasteiger partial charge in [0.15, 0.2) is 0 Å². The van der Waals surface area contributed by atoms with Crippen LogP contribution in [0.5, 0.6) is 0 Å². The van der Waals surface area contributed by atoms with Crippen molar-refractivity contribution < 1.29 is 9.90 Å². The summed E-state index contributed by atoms with van der Waals surface area (Å²) in [6.07, 6.45) is 3.90. The number of rotatable bonds is 6. The van der Waals surface area contributed by atoms with E-state index in [1.807, 2.05) is 61.5 Å². The third kappa shape index (κ3) is 4.14. The quantitative estimate of drug-likeness (QED) is 0.727. The third-order valence-corrected chi connectivity index (χ3v) is 3.94. The minimum Gasteiger partial charge on any atom is -0.395 e. The lowest BCUT2D eigenvalue weighted by atomic mass is 10.1. The van der Waals surface area contributed by atoms with Crippen LogP contribution < -0.4 is 0 Å². The van der Waals surface area contributed by atoms with Gasteiger partial charge in [0, 0.05) is 18.7 Å².